The van der Waals surface area contributed by atoms with Crippen molar-refractivity contribution in [3.63, 3.8) is 0 Å². The van der Waals surface area contributed by atoms with Gasteiger partial charge in [0.1, 0.15) is 0 Å². The quantitative estimate of drug-likeness (QED) is 0.154. The molecule has 0 aliphatic carbocycles. The number of hydrogen-bond donors (Lipinski definition) is 0. The van der Waals surface area contributed by atoms with E-state index in [4.69, 9.17) is 0 Å². The van der Waals surface area contributed by atoms with Crippen molar-refractivity contribution in [2.75, 3.05) is 0 Å². The van der Waals surface area contributed by atoms with Gasteiger partial charge in [0, 0.05) is 11.1 Å². The topological polar surface area (TPSA) is 12.4 Å². The Hall–Kier alpha value is -3.07. The van der Waals surface area contributed by atoms with Crippen LogP contribution in [-0.4, -0.2) is 5.16 Å². The predicted molar refractivity (Wildman–Crippen MR) is 130 cm³/mol. The molecule has 3 heteroatoms. The van der Waals surface area contributed by atoms with Crippen molar-refractivity contribution in [2.24, 2.45) is 4.99 Å². The Morgan fingerprint density at radius 3 is 1.97 bits per heavy atom. The van der Waals surface area contributed by atoms with Crippen molar-refractivity contribution in [3.05, 3.63) is 102 Å². The second-order valence-electron chi connectivity index (χ2n) is 6.68. The molecule has 0 bridgehead atoms. The molecule has 1 atom stereocenters. The minimum absolute atomic E-state index is 0.812. The van der Waals surface area contributed by atoms with E-state index >= 15 is 0 Å². The molecule has 0 heterocycles. The van der Waals surface area contributed by atoms with E-state index in [-0.39, 0.29) is 0 Å². The lowest BCUT2D eigenvalue weighted by molar-refractivity contribution is 1.44. The first kappa shape index (κ1) is 19.3. The van der Waals surface area contributed by atoms with Crippen LogP contribution >= 0.6 is 21.5 Å². The largest absolute Gasteiger partial charge is 0.195 e. The SMILES string of the molecule is PCc1ccc2cc(C#Cc3ccc(-c4ccc(N=C=S)cc4)cc3)ccc2c1. The number of aliphatic imine (C=N–C) groups is 1. The fourth-order valence-corrected chi connectivity index (χ4v) is 3.53. The van der Waals surface area contributed by atoms with E-state index in [1.54, 1.807) is 0 Å². The third kappa shape index (κ3) is 4.68. The van der Waals surface area contributed by atoms with Gasteiger partial charge >= 0.3 is 0 Å². The summed E-state index contributed by atoms with van der Waals surface area (Å²) in [6, 6.07) is 29.2. The molecule has 0 saturated heterocycles. The van der Waals surface area contributed by atoms with Crippen LogP contribution in [0.25, 0.3) is 21.9 Å². The van der Waals surface area contributed by atoms with Gasteiger partial charge in [0.15, 0.2) is 0 Å². The van der Waals surface area contributed by atoms with E-state index in [2.05, 4.69) is 104 Å². The maximum Gasteiger partial charge on any atom is 0.0739 e. The summed E-state index contributed by atoms with van der Waals surface area (Å²) in [6.45, 7) is 0. The van der Waals surface area contributed by atoms with Crippen LogP contribution in [0.3, 0.4) is 0 Å². The lowest BCUT2D eigenvalue weighted by Gasteiger charge is -2.02. The Morgan fingerprint density at radius 1 is 0.690 bits per heavy atom. The summed E-state index contributed by atoms with van der Waals surface area (Å²) in [6.07, 6.45) is 0.971. The first-order valence-corrected chi connectivity index (χ1v) is 10.5. The van der Waals surface area contributed by atoms with Crippen molar-refractivity contribution >= 4 is 43.1 Å². The smallest absolute Gasteiger partial charge is 0.0739 e. The lowest BCUT2D eigenvalue weighted by Crippen LogP contribution is -1.82. The highest BCUT2D eigenvalue weighted by molar-refractivity contribution is 7.78. The number of thiocarbonyl (C=S) groups is 1. The van der Waals surface area contributed by atoms with Crippen molar-refractivity contribution < 1.29 is 0 Å². The molecular formula is C26H18NPS. The molecule has 4 aromatic rings. The van der Waals surface area contributed by atoms with Crippen molar-refractivity contribution in [1.29, 1.82) is 0 Å². The number of nitrogens with zero attached hydrogens (tertiary/aromatic N) is 1. The molecule has 0 aliphatic rings. The van der Waals surface area contributed by atoms with Crippen LogP contribution in [0.1, 0.15) is 16.7 Å². The maximum atomic E-state index is 4.64. The summed E-state index contributed by atoms with van der Waals surface area (Å²) in [7, 11) is 2.77. The van der Waals surface area contributed by atoms with Gasteiger partial charge in [-0.25, -0.2) is 0 Å². The zero-order valence-electron chi connectivity index (χ0n) is 15.7. The zero-order chi connectivity index (χ0) is 20.1. The number of isothiocyanates is 1. The normalized spacial score (nSPS) is 10.1. The minimum atomic E-state index is 0.812. The van der Waals surface area contributed by atoms with Gasteiger partial charge in [0.05, 0.1) is 10.8 Å². The van der Waals surface area contributed by atoms with Crippen LogP contribution in [0.4, 0.5) is 5.69 Å². The summed E-state index contributed by atoms with van der Waals surface area (Å²) < 4.78 is 0. The predicted octanol–water partition coefficient (Wildman–Crippen LogP) is 7.02. The Bertz CT molecular complexity index is 1270. The molecular weight excluding hydrogens is 389 g/mol. The van der Waals surface area contributed by atoms with Crippen LogP contribution in [0.15, 0.2) is 89.9 Å². The summed E-state index contributed by atoms with van der Waals surface area (Å²) in [5, 5.41) is 4.86. The van der Waals surface area contributed by atoms with Crippen molar-refractivity contribution in [2.45, 2.75) is 6.16 Å². The molecule has 4 aromatic carbocycles. The molecule has 138 valence electrons. The van der Waals surface area contributed by atoms with E-state index in [9.17, 15) is 0 Å². The fraction of sp³-hybridized carbons (Fsp3) is 0.0385. The van der Waals surface area contributed by atoms with Crippen LogP contribution in [0.5, 0.6) is 0 Å². The highest BCUT2D eigenvalue weighted by Gasteiger charge is 1.99. The molecule has 0 amide bonds. The second-order valence-corrected chi connectivity index (χ2v) is 7.27. The average molecular weight is 407 g/mol. The van der Waals surface area contributed by atoms with Gasteiger partial charge < -0.3 is 0 Å². The highest BCUT2D eigenvalue weighted by Crippen LogP contribution is 2.23. The molecule has 4 rings (SSSR count). The molecule has 1 nitrogen and oxygen atoms in total. The monoisotopic (exact) mass is 407 g/mol. The van der Waals surface area contributed by atoms with E-state index < -0.39 is 0 Å². The molecule has 0 radical (unpaired) electrons. The van der Waals surface area contributed by atoms with Crippen molar-refractivity contribution in [1.82, 2.24) is 0 Å². The van der Waals surface area contributed by atoms with E-state index in [1.807, 2.05) is 24.3 Å². The number of hydrogen-bond acceptors (Lipinski definition) is 2. The molecule has 0 saturated carbocycles. The molecule has 29 heavy (non-hydrogen) atoms. The zero-order valence-corrected chi connectivity index (χ0v) is 17.7. The summed E-state index contributed by atoms with van der Waals surface area (Å²) in [4.78, 5) is 3.98. The summed E-state index contributed by atoms with van der Waals surface area (Å²) >= 11 is 4.64. The standard InChI is InChI=1S/C26H18NPS/c28-17-21-6-10-24-15-20(5-9-25(24)16-21)2-1-19-3-7-22(8-4-19)23-11-13-26(14-12-23)27-18-29/h3-16H,17,28H2. The van der Waals surface area contributed by atoms with Crippen LogP contribution in [-0.2, 0) is 6.16 Å². The number of rotatable bonds is 3. The molecule has 0 spiro atoms. The van der Waals surface area contributed by atoms with Gasteiger partial charge in [-0.05, 0) is 82.2 Å². The number of fused-ring (bicyclic) bond motifs is 1. The van der Waals surface area contributed by atoms with Crippen molar-refractivity contribution in [3.8, 4) is 23.0 Å². The average Bonchev–Trinajstić information content (AvgIpc) is 2.78. The van der Waals surface area contributed by atoms with Crippen LogP contribution in [0, 0.1) is 11.8 Å². The molecule has 0 N–H and O–H groups in total. The summed E-state index contributed by atoms with van der Waals surface area (Å²) in [5.74, 6) is 6.54. The molecule has 0 aromatic heterocycles. The Kier molecular flexibility index (Phi) is 5.95. The lowest BCUT2D eigenvalue weighted by atomic mass is 10.0. The Balaban J connectivity index is 1.54. The van der Waals surface area contributed by atoms with E-state index in [1.165, 1.54) is 16.3 Å². The molecule has 1 unspecified atom stereocenters. The Labute approximate surface area is 178 Å². The van der Waals surface area contributed by atoms with Gasteiger partial charge in [-0.2, -0.15) is 4.99 Å². The Morgan fingerprint density at radius 2 is 1.28 bits per heavy atom. The highest BCUT2D eigenvalue weighted by atomic mass is 32.1. The van der Waals surface area contributed by atoms with Gasteiger partial charge in [-0.1, -0.05) is 60.4 Å². The first-order valence-electron chi connectivity index (χ1n) is 9.28. The maximum absolute atomic E-state index is 4.64. The van der Waals surface area contributed by atoms with Crippen LogP contribution in [0.2, 0.25) is 0 Å². The van der Waals surface area contributed by atoms with Crippen LogP contribution < -0.4 is 0 Å². The van der Waals surface area contributed by atoms with E-state index in [0.29, 0.717) is 0 Å². The third-order valence-electron chi connectivity index (χ3n) is 4.75. The summed E-state index contributed by atoms with van der Waals surface area (Å²) in [5.41, 5.74) is 6.43. The third-order valence-corrected chi connectivity index (χ3v) is 5.31. The first-order chi connectivity index (χ1) is 14.2. The van der Waals surface area contributed by atoms with Gasteiger partial charge in [0.25, 0.3) is 0 Å². The van der Waals surface area contributed by atoms with Gasteiger partial charge in [0.2, 0.25) is 0 Å². The molecule has 0 fully saturated rings. The fourth-order valence-electron chi connectivity index (χ4n) is 3.17. The minimum Gasteiger partial charge on any atom is -0.195 e. The van der Waals surface area contributed by atoms with E-state index in [0.717, 1.165) is 34.1 Å². The van der Waals surface area contributed by atoms with Gasteiger partial charge in [-0.15, -0.1) is 9.24 Å². The molecule has 0 aliphatic heterocycles. The van der Waals surface area contributed by atoms with Gasteiger partial charge in [-0.3, -0.25) is 0 Å². The number of benzene rings is 4. The second kappa shape index (κ2) is 8.95.